The summed E-state index contributed by atoms with van der Waals surface area (Å²) in [6.07, 6.45) is 1.45. The molecule has 0 aliphatic carbocycles. The van der Waals surface area contributed by atoms with Crippen LogP contribution in [-0.4, -0.2) is 25.7 Å². The molecule has 0 heterocycles. The molecule has 0 radical (unpaired) electrons. The molecule has 0 bridgehead atoms. The van der Waals surface area contributed by atoms with E-state index >= 15 is 0 Å². The van der Waals surface area contributed by atoms with Crippen molar-refractivity contribution in [2.45, 2.75) is 26.7 Å². The number of rotatable bonds is 7. The number of primary amides is 1. The summed E-state index contributed by atoms with van der Waals surface area (Å²) in [5, 5.41) is 14.2. The molecule has 0 aliphatic rings. The van der Waals surface area contributed by atoms with Gasteiger partial charge in [0.1, 0.15) is 0 Å². The van der Waals surface area contributed by atoms with Gasteiger partial charge in [0.05, 0.1) is 6.07 Å². The topological polar surface area (TPSA) is 90.9 Å². The second-order valence-electron chi connectivity index (χ2n) is 4.29. The molecule has 0 saturated carbocycles. The maximum Gasteiger partial charge on any atom is 0.312 e. The van der Waals surface area contributed by atoms with E-state index in [9.17, 15) is 4.79 Å². The number of nitrogens with two attached hydrogens (primary N) is 1. The molecule has 2 amide bonds. The maximum atomic E-state index is 10.3. The number of nitrogens with one attached hydrogen (secondary N) is 2. The lowest BCUT2D eigenvalue weighted by Gasteiger charge is -2.23. The molecule has 5 nitrogen and oxygen atoms in total. The fraction of sp³-hybridized carbons (Fsp3) is 0.800. The third kappa shape index (κ3) is 9.03. The van der Waals surface area contributed by atoms with Crippen LogP contribution in [0, 0.1) is 16.7 Å². The Balaban J connectivity index is 3.49. The first-order valence-corrected chi connectivity index (χ1v) is 5.09. The molecule has 0 saturated heterocycles. The van der Waals surface area contributed by atoms with Gasteiger partial charge in [-0.2, -0.15) is 5.26 Å². The van der Waals surface area contributed by atoms with Crippen molar-refractivity contribution in [1.29, 1.82) is 5.26 Å². The van der Waals surface area contributed by atoms with E-state index in [2.05, 4.69) is 30.6 Å². The molecule has 0 aromatic carbocycles. The number of nitriles is 1. The minimum atomic E-state index is -0.499. The van der Waals surface area contributed by atoms with Gasteiger partial charge in [-0.3, -0.25) is 0 Å². The summed E-state index contributed by atoms with van der Waals surface area (Å²) >= 11 is 0. The van der Waals surface area contributed by atoms with Crippen LogP contribution < -0.4 is 16.4 Å². The van der Waals surface area contributed by atoms with E-state index in [1.807, 2.05) is 0 Å². The molecule has 0 aromatic heterocycles. The minimum absolute atomic E-state index is 0.114. The van der Waals surface area contributed by atoms with Gasteiger partial charge in [-0.15, -0.1) is 0 Å². The Kier molecular flexibility index (Phi) is 6.47. The Morgan fingerprint density at radius 3 is 2.67 bits per heavy atom. The minimum Gasteiger partial charge on any atom is -0.352 e. The van der Waals surface area contributed by atoms with Gasteiger partial charge in [0.15, 0.2) is 0 Å². The van der Waals surface area contributed by atoms with E-state index < -0.39 is 6.03 Å². The summed E-state index contributed by atoms with van der Waals surface area (Å²) in [5.74, 6) is 0. The zero-order valence-electron chi connectivity index (χ0n) is 9.47. The molecule has 5 heteroatoms. The Labute approximate surface area is 91.0 Å². The van der Waals surface area contributed by atoms with E-state index in [0.29, 0.717) is 19.5 Å². The van der Waals surface area contributed by atoms with Crippen LogP contribution >= 0.6 is 0 Å². The summed E-state index contributed by atoms with van der Waals surface area (Å²) in [6, 6.07) is 1.64. The van der Waals surface area contributed by atoms with Crippen molar-refractivity contribution in [3.63, 3.8) is 0 Å². The molecule has 0 rings (SSSR count). The van der Waals surface area contributed by atoms with E-state index in [-0.39, 0.29) is 5.41 Å². The smallest absolute Gasteiger partial charge is 0.312 e. The highest BCUT2D eigenvalue weighted by Gasteiger charge is 2.16. The highest BCUT2D eigenvalue weighted by atomic mass is 16.2. The molecule has 4 N–H and O–H groups in total. The third-order valence-electron chi connectivity index (χ3n) is 2.12. The monoisotopic (exact) mass is 212 g/mol. The fourth-order valence-electron chi connectivity index (χ4n) is 1.18. The SMILES string of the molecule is CC(C)(CCC#N)CNCCNC(N)=O. The molecular formula is C10H20N4O. The summed E-state index contributed by atoms with van der Waals surface area (Å²) < 4.78 is 0. The average Bonchev–Trinajstić information content (AvgIpc) is 2.14. The number of nitrogens with zero attached hydrogens (tertiary/aromatic N) is 1. The maximum absolute atomic E-state index is 10.3. The molecule has 15 heavy (non-hydrogen) atoms. The summed E-state index contributed by atoms with van der Waals surface area (Å²) in [7, 11) is 0. The van der Waals surface area contributed by atoms with Crippen molar-refractivity contribution in [3.05, 3.63) is 0 Å². The van der Waals surface area contributed by atoms with Gasteiger partial charge in [-0.1, -0.05) is 13.8 Å². The van der Waals surface area contributed by atoms with Crippen LogP contribution in [0.3, 0.4) is 0 Å². The van der Waals surface area contributed by atoms with Gasteiger partial charge in [0.2, 0.25) is 0 Å². The molecule has 0 fully saturated rings. The van der Waals surface area contributed by atoms with Crippen LogP contribution in [-0.2, 0) is 0 Å². The highest BCUT2D eigenvalue weighted by molar-refractivity contribution is 5.71. The molecule has 86 valence electrons. The van der Waals surface area contributed by atoms with Gasteiger partial charge in [-0.25, -0.2) is 4.79 Å². The summed E-state index contributed by atoms with van der Waals surface area (Å²) in [6.45, 7) is 6.27. The van der Waals surface area contributed by atoms with Gasteiger partial charge in [-0.05, 0) is 11.8 Å². The second-order valence-corrected chi connectivity index (χ2v) is 4.29. The number of carbonyl (C=O) groups is 1. The normalized spacial score (nSPS) is 10.7. The van der Waals surface area contributed by atoms with E-state index in [0.717, 1.165) is 13.0 Å². The Bertz CT molecular complexity index is 232. The van der Waals surface area contributed by atoms with Crippen molar-refractivity contribution < 1.29 is 4.79 Å². The van der Waals surface area contributed by atoms with E-state index in [4.69, 9.17) is 11.0 Å². The van der Waals surface area contributed by atoms with Crippen LogP contribution in [0.15, 0.2) is 0 Å². The fourth-order valence-corrected chi connectivity index (χ4v) is 1.18. The van der Waals surface area contributed by atoms with Crippen molar-refractivity contribution in [1.82, 2.24) is 10.6 Å². The lowest BCUT2D eigenvalue weighted by atomic mass is 9.88. The van der Waals surface area contributed by atoms with Crippen LogP contribution in [0.2, 0.25) is 0 Å². The van der Waals surface area contributed by atoms with Gasteiger partial charge in [0.25, 0.3) is 0 Å². The van der Waals surface area contributed by atoms with Gasteiger partial charge < -0.3 is 16.4 Å². The molecule has 0 unspecified atom stereocenters. The summed E-state index contributed by atoms with van der Waals surface area (Å²) in [5.41, 5.74) is 5.03. The zero-order chi connectivity index (χ0) is 11.7. The van der Waals surface area contributed by atoms with Crippen LogP contribution in [0.25, 0.3) is 0 Å². The first kappa shape index (κ1) is 13.7. The molecular weight excluding hydrogens is 192 g/mol. The largest absolute Gasteiger partial charge is 0.352 e. The Hall–Kier alpha value is -1.28. The van der Waals surface area contributed by atoms with Crippen molar-refractivity contribution in [2.24, 2.45) is 11.1 Å². The van der Waals surface area contributed by atoms with Gasteiger partial charge >= 0.3 is 6.03 Å². The number of amides is 2. The first-order chi connectivity index (χ1) is 6.98. The van der Waals surface area contributed by atoms with Crippen LogP contribution in [0.5, 0.6) is 0 Å². The molecule has 0 aromatic rings. The lowest BCUT2D eigenvalue weighted by Crippen LogP contribution is -2.38. The number of urea groups is 1. The lowest BCUT2D eigenvalue weighted by molar-refractivity contribution is 0.248. The number of hydrogen-bond donors (Lipinski definition) is 3. The molecule has 0 spiro atoms. The quantitative estimate of drug-likeness (QED) is 0.539. The summed E-state index contributed by atoms with van der Waals surface area (Å²) in [4.78, 5) is 10.3. The number of carbonyl (C=O) groups excluding carboxylic acids is 1. The third-order valence-corrected chi connectivity index (χ3v) is 2.12. The Morgan fingerprint density at radius 1 is 1.47 bits per heavy atom. The zero-order valence-corrected chi connectivity index (χ0v) is 9.47. The van der Waals surface area contributed by atoms with Crippen molar-refractivity contribution >= 4 is 6.03 Å². The van der Waals surface area contributed by atoms with Crippen LogP contribution in [0.1, 0.15) is 26.7 Å². The number of hydrogen-bond acceptors (Lipinski definition) is 3. The average molecular weight is 212 g/mol. The molecule has 0 aliphatic heterocycles. The first-order valence-electron chi connectivity index (χ1n) is 5.09. The van der Waals surface area contributed by atoms with E-state index in [1.54, 1.807) is 0 Å². The van der Waals surface area contributed by atoms with Crippen molar-refractivity contribution in [2.75, 3.05) is 19.6 Å². The standard InChI is InChI=1S/C10H20N4O/c1-10(2,4-3-5-11)8-13-6-7-14-9(12)15/h13H,3-4,6-8H2,1-2H3,(H3,12,14,15). The molecule has 0 atom stereocenters. The van der Waals surface area contributed by atoms with E-state index in [1.165, 1.54) is 0 Å². The van der Waals surface area contributed by atoms with Crippen molar-refractivity contribution in [3.8, 4) is 6.07 Å². The predicted octanol–water partition coefficient (Wildman–Crippen LogP) is 0.574. The Morgan fingerprint density at radius 2 is 2.13 bits per heavy atom. The van der Waals surface area contributed by atoms with Gasteiger partial charge in [0, 0.05) is 26.1 Å². The highest BCUT2D eigenvalue weighted by Crippen LogP contribution is 2.20. The predicted molar refractivity (Wildman–Crippen MR) is 59.1 cm³/mol. The second kappa shape index (κ2) is 7.07. The van der Waals surface area contributed by atoms with Crippen LogP contribution in [0.4, 0.5) is 4.79 Å².